The van der Waals surface area contributed by atoms with Gasteiger partial charge in [-0.1, -0.05) is 13.8 Å². The third-order valence-electron chi connectivity index (χ3n) is 4.78. The Morgan fingerprint density at radius 3 is 2.64 bits per heavy atom. The van der Waals surface area contributed by atoms with Crippen molar-refractivity contribution in [2.45, 2.75) is 39.3 Å². The van der Waals surface area contributed by atoms with E-state index in [1.807, 2.05) is 26.0 Å². The van der Waals surface area contributed by atoms with E-state index in [0.29, 0.717) is 25.5 Å². The van der Waals surface area contributed by atoms with E-state index in [0.717, 1.165) is 23.4 Å². The number of thiazole rings is 1. The zero-order chi connectivity index (χ0) is 19.9. The van der Waals surface area contributed by atoms with Crippen LogP contribution in [0.2, 0.25) is 0 Å². The largest absolute Gasteiger partial charge is 0.381 e. The summed E-state index contributed by atoms with van der Waals surface area (Å²) >= 11 is 1.40. The summed E-state index contributed by atoms with van der Waals surface area (Å²) < 4.78 is 5.33. The number of pyridine rings is 1. The summed E-state index contributed by atoms with van der Waals surface area (Å²) in [6.45, 7) is 5.76. The van der Waals surface area contributed by atoms with Crippen molar-refractivity contribution in [3.05, 3.63) is 46.2 Å². The minimum atomic E-state index is -0.224. The molecule has 2 aromatic heterocycles. The quantitative estimate of drug-likeness (QED) is 0.743. The molecule has 0 saturated carbocycles. The first-order chi connectivity index (χ1) is 13.5. The predicted octanol–water partition coefficient (Wildman–Crippen LogP) is 2.71. The molecule has 2 N–H and O–H groups in total. The zero-order valence-corrected chi connectivity index (χ0v) is 17.0. The maximum Gasteiger partial charge on any atom is 0.271 e. The van der Waals surface area contributed by atoms with Crippen LogP contribution in [-0.2, 0) is 16.1 Å². The molecule has 7 nitrogen and oxygen atoms in total. The van der Waals surface area contributed by atoms with Gasteiger partial charge in [0, 0.05) is 43.5 Å². The molecule has 0 aromatic carbocycles. The Bertz CT molecular complexity index is 788. The number of hydrogen-bond donors (Lipinski definition) is 2. The van der Waals surface area contributed by atoms with Gasteiger partial charge in [-0.05, 0) is 36.5 Å². The fraction of sp³-hybridized carbons (Fsp3) is 0.500. The molecule has 0 aliphatic carbocycles. The van der Waals surface area contributed by atoms with Gasteiger partial charge in [0.1, 0.15) is 10.7 Å². The van der Waals surface area contributed by atoms with Gasteiger partial charge in [0.25, 0.3) is 5.91 Å². The van der Waals surface area contributed by atoms with Crippen molar-refractivity contribution in [1.29, 1.82) is 0 Å². The van der Waals surface area contributed by atoms with Crippen LogP contribution in [0, 0.1) is 11.8 Å². The maximum absolute atomic E-state index is 12.6. The smallest absolute Gasteiger partial charge is 0.271 e. The molecule has 0 unspecified atom stereocenters. The highest BCUT2D eigenvalue weighted by molar-refractivity contribution is 7.09. The normalized spacial score (nSPS) is 16.0. The lowest BCUT2D eigenvalue weighted by Gasteiger charge is -2.26. The van der Waals surface area contributed by atoms with Crippen LogP contribution in [0.3, 0.4) is 0 Å². The van der Waals surface area contributed by atoms with Crippen LogP contribution < -0.4 is 10.6 Å². The van der Waals surface area contributed by atoms with Crippen molar-refractivity contribution in [3.63, 3.8) is 0 Å². The summed E-state index contributed by atoms with van der Waals surface area (Å²) in [6, 6.07) is 3.50. The third kappa shape index (κ3) is 5.36. The summed E-state index contributed by atoms with van der Waals surface area (Å²) in [4.78, 5) is 33.5. The first kappa shape index (κ1) is 20.4. The van der Waals surface area contributed by atoms with Gasteiger partial charge in [0.15, 0.2) is 0 Å². The van der Waals surface area contributed by atoms with Gasteiger partial charge in [-0.15, -0.1) is 11.3 Å². The maximum atomic E-state index is 12.6. The van der Waals surface area contributed by atoms with E-state index < -0.39 is 0 Å². The van der Waals surface area contributed by atoms with Crippen LogP contribution in [0.15, 0.2) is 29.9 Å². The Labute approximate surface area is 168 Å². The second-order valence-electron chi connectivity index (χ2n) is 7.23. The molecule has 150 valence electrons. The van der Waals surface area contributed by atoms with E-state index in [4.69, 9.17) is 4.74 Å². The van der Waals surface area contributed by atoms with Gasteiger partial charge in [-0.2, -0.15) is 0 Å². The van der Waals surface area contributed by atoms with Crippen LogP contribution in [0.25, 0.3) is 0 Å². The topological polar surface area (TPSA) is 93.2 Å². The molecule has 0 radical (unpaired) electrons. The fourth-order valence-corrected chi connectivity index (χ4v) is 4.07. The minimum absolute atomic E-state index is 0.0157. The number of rotatable bonds is 7. The Kier molecular flexibility index (Phi) is 7.11. The van der Waals surface area contributed by atoms with E-state index in [9.17, 15) is 9.59 Å². The van der Waals surface area contributed by atoms with E-state index in [2.05, 4.69) is 20.6 Å². The van der Waals surface area contributed by atoms with Crippen LogP contribution in [0.1, 0.15) is 53.8 Å². The average Bonchev–Trinajstić information content (AvgIpc) is 3.21. The van der Waals surface area contributed by atoms with Gasteiger partial charge in [-0.3, -0.25) is 14.6 Å². The van der Waals surface area contributed by atoms with E-state index in [-0.39, 0.29) is 29.7 Å². The SMILES string of the molecule is CC(C)[C@@H](NC(=O)C1CCOCC1)c1nc(C(=O)NCc2ccncc2)cs1. The molecule has 2 aromatic rings. The predicted molar refractivity (Wildman–Crippen MR) is 107 cm³/mol. The molecule has 1 atom stereocenters. The molecule has 0 spiro atoms. The second kappa shape index (κ2) is 9.75. The van der Waals surface area contributed by atoms with Gasteiger partial charge < -0.3 is 15.4 Å². The third-order valence-corrected chi connectivity index (χ3v) is 5.71. The number of hydrogen-bond acceptors (Lipinski definition) is 6. The van der Waals surface area contributed by atoms with Crippen LogP contribution >= 0.6 is 11.3 Å². The molecule has 0 bridgehead atoms. The number of amides is 2. The molecule has 3 rings (SSSR count). The van der Waals surface area contributed by atoms with Crippen molar-refractivity contribution in [2.75, 3.05) is 13.2 Å². The fourth-order valence-electron chi connectivity index (χ4n) is 3.05. The van der Waals surface area contributed by atoms with Gasteiger partial charge in [-0.25, -0.2) is 4.98 Å². The number of nitrogens with zero attached hydrogens (tertiary/aromatic N) is 2. The van der Waals surface area contributed by atoms with Crippen molar-refractivity contribution >= 4 is 23.2 Å². The molecule has 2 amide bonds. The molecule has 1 fully saturated rings. The molecule has 1 saturated heterocycles. The van der Waals surface area contributed by atoms with E-state index in [1.165, 1.54) is 11.3 Å². The van der Waals surface area contributed by atoms with Crippen molar-refractivity contribution in [3.8, 4) is 0 Å². The van der Waals surface area contributed by atoms with Crippen molar-refractivity contribution in [1.82, 2.24) is 20.6 Å². The Balaban J connectivity index is 1.62. The molecule has 8 heteroatoms. The highest BCUT2D eigenvalue weighted by Gasteiger charge is 2.27. The number of nitrogens with one attached hydrogen (secondary N) is 2. The highest BCUT2D eigenvalue weighted by atomic mass is 32.1. The lowest BCUT2D eigenvalue weighted by molar-refractivity contribution is -0.129. The molecule has 28 heavy (non-hydrogen) atoms. The zero-order valence-electron chi connectivity index (χ0n) is 16.2. The summed E-state index contributed by atoms with van der Waals surface area (Å²) in [7, 11) is 0. The summed E-state index contributed by atoms with van der Waals surface area (Å²) in [5.41, 5.74) is 1.35. The van der Waals surface area contributed by atoms with Gasteiger partial charge in [0.05, 0.1) is 6.04 Å². The molecule has 1 aliphatic heterocycles. The van der Waals surface area contributed by atoms with Crippen molar-refractivity contribution in [2.24, 2.45) is 11.8 Å². The first-order valence-corrected chi connectivity index (χ1v) is 10.4. The minimum Gasteiger partial charge on any atom is -0.381 e. The van der Waals surface area contributed by atoms with Crippen LogP contribution in [0.4, 0.5) is 0 Å². The van der Waals surface area contributed by atoms with E-state index in [1.54, 1.807) is 17.8 Å². The molecule has 3 heterocycles. The number of ether oxygens (including phenoxy) is 1. The molecule has 1 aliphatic rings. The molecular formula is C20H26N4O3S. The van der Waals surface area contributed by atoms with Gasteiger partial charge in [0.2, 0.25) is 5.91 Å². The average molecular weight is 403 g/mol. The summed E-state index contributed by atoms with van der Waals surface area (Å²) in [5, 5.41) is 8.49. The van der Waals surface area contributed by atoms with Crippen LogP contribution in [0.5, 0.6) is 0 Å². The summed E-state index contributed by atoms with van der Waals surface area (Å²) in [6.07, 6.45) is 4.88. The Morgan fingerprint density at radius 1 is 1.25 bits per heavy atom. The summed E-state index contributed by atoms with van der Waals surface area (Å²) in [5.74, 6) is -0.0285. The van der Waals surface area contributed by atoms with Crippen LogP contribution in [-0.4, -0.2) is 35.0 Å². The number of aromatic nitrogens is 2. The van der Waals surface area contributed by atoms with Gasteiger partial charge >= 0.3 is 0 Å². The van der Waals surface area contributed by atoms with Crippen molar-refractivity contribution < 1.29 is 14.3 Å². The monoisotopic (exact) mass is 402 g/mol. The number of carbonyl (C=O) groups excluding carboxylic acids is 2. The standard InChI is InChI=1S/C20H26N4O3S/c1-13(2)17(24-18(25)15-5-9-27-10-6-15)20-23-16(12-28-20)19(26)22-11-14-3-7-21-8-4-14/h3-4,7-8,12-13,15,17H,5-6,9-11H2,1-2H3,(H,22,26)(H,24,25)/t17-/m1/s1. The second-order valence-corrected chi connectivity index (χ2v) is 8.12. The van der Waals surface area contributed by atoms with E-state index >= 15 is 0 Å². The first-order valence-electron chi connectivity index (χ1n) is 9.55. The molecular weight excluding hydrogens is 376 g/mol. The number of carbonyl (C=O) groups is 2. The Hall–Kier alpha value is -2.32. The Morgan fingerprint density at radius 2 is 1.96 bits per heavy atom. The highest BCUT2D eigenvalue weighted by Crippen LogP contribution is 2.26. The lowest BCUT2D eigenvalue weighted by atomic mass is 9.97. The lowest BCUT2D eigenvalue weighted by Crippen LogP contribution is -2.38.